The van der Waals surface area contributed by atoms with Gasteiger partial charge in [-0.2, -0.15) is 0 Å². The zero-order valence-electron chi connectivity index (χ0n) is 18.6. The standard InChI is InChI=1S/C24H23F2N5O3/c1-15-2-3-17(12-19(15)26)23(32)29-8-10-30(11-9-29)24(33)22-20-14-34-21(13-31(20)28-27-22)16-4-6-18(25)7-5-16/h2-7,12,21H,8-11,13-14H2,1H3/t21-/m1/s1. The van der Waals surface area contributed by atoms with Gasteiger partial charge in [0.05, 0.1) is 18.8 Å². The number of carbonyl (C=O) groups excluding carboxylic acids is 2. The number of hydrogen-bond acceptors (Lipinski definition) is 5. The summed E-state index contributed by atoms with van der Waals surface area (Å²) in [5, 5.41) is 8.22. The number of rotatable bonds is 3. The quantitative estimate of drug-likeness (QED) is 0.592. The molecule has 0 spiro atoms. The summed E-state index contributed by atoms with van der Waals surface area (Å²) in [7, 11) is 0. The van der Waals surface area contributed by atoms with Gasteiger partial charge in [-0.05, 0) is 42.3 Å². The fourth-order valence-electron chi connectivity index (χ4n) is 4.23. The molecule has 1 fully saturated rings. The van der Waals surface area contributed by atoms with Crippen LogP contribution in [0.5, 0.6) is 0 Å². The van der Waals surface area contributed by atoms with Crippen molar-refractivity contribution in [2.24, 2.45) is 0 Å². The minimum atomic E-state index is -0.416. The second kappa shape index (κ2) is 8.94. The number of halogens is 2. The molecule has 0 unspecified atom stereocenters. The average molecular weight is 467 g/mol. The Balaban J connectivity index is 1.22. The van der Waals surface area contributed by atoms with E-state index in [1.54, 1.807) is 45.7 Å². The van der Waals surface area contributed by atoms with Crippen LogP contribution in [0.2, 0.25) is 0 Å². The van der Waals surface area contributed by atoms with E-state index in [-0.39, 0.29) is 36.0 Å². The molecule has 1 saturated heterocycles. The van der Waals surface area contributed by atoms with Gasteiger partial charge in [-0.25, -0.2) is 13.5 Å². The molecule has 2 aliphatic heterocycles. The molecule has 5 rings (SSSR count). The number of piperazine rings is 1. The Bertz CT molecular complexity index is 1240. The van der Waals surface area contributed by atoms with Gasteiger partial charge in [0.25, 0.3) is 11.8 Å². The number of amides is 2. The predicted octanol–water partition coefficient (Wildman–Crippen LogP) is 2.73. The molecule has 2 amide bonds. The van der Waals surface area contributed by atoms with Crippen molar-refractivity contribution in [3.63, 3.8) is 0 Å². The highest BCUT2D eigenvalue weighted by atomic mass is 19.1. The van der Waals surface area contributed by atoms with Crippen LogP contribution in [-0.4, -0.2) is 62.8 Å². The largest absolute Gasteiger partial charge is 0.365 e. The van der Waals surface area contributed by atoms with Crippen molar-refractivity contribution in [2.75, 3.05) is 26.2 Å². The van der Waals surface area contributed by atoms with E-state index in [4.69, 9.17) is 4.74 Å². The molecule has 10 heteroatoms. The number of fused-ring (bicyclic) bond motifs is 1. The van der Waals surface area contributed by atoms with E-state index < -0.39 is 5.82 Å². The van der Waals surface area contributed by atoms with Crippen molar-refractivity contribution in [2.45, 2.75) is 26.2 Å². The molecule has 1 aromatic heterocycles. The lowest BCUT2D eigenvalue weighted by molar-refractivity contribution is -0.00206. The molecule has 1 atom stereocenters. The van der Waals surface area contributed by atoms with E-state index in [9.17, 15) is 18.4 Å². The Morgan fingerprint density at radius 1 is 0.971 bits per heavy atom. The normalized spacial score (nSPS) is 18.0. The summed E-state index contributed by atoms with van der Waals surface area (Å²) in [5.41, 5.74) is 2.43. The molecule has 2 aromatic carbocycles. The fourth-order valence-corrected chi connectivity index (χ4v) is 4.23. The molecule has 0 bridgehead atoms. The number of ether oxygens (including phenoxy) is 1. The maximum atomic E-state index is 13.8. The molecule has 3 aromatic rings. The molecule has 8 nitrogen and oxygen atoms in total. The fraction of sp³-hybridized carbons (Fsp3) is 0.333. The van der Waals surface area contributed by atoms with Crippen LogP contribution in [0.15, 0.2) is 42.5 Å². The second-order valence-electron chi connectivity index (χ2n) is 8.47. The van der Waals surface area contributed by atoms with Crippen LogP contribution in [0.1, 0.15) is 43.8 Å². The number of carbonyl (C=O) groups is 2. The van der Waals surface area contributed by atoms with Gasteiger partial charge in [-0.1, -0.05) is 23.4 Å². The molecule has 0 N–H and O–H groups in total. The van der Waals surface area contributed by atoms with Crippen LogP contribution in [-0.2, 0) is 17.9 Å². The predicted molar refractivity (Wildman–Crippen MR) is 117 cm³/mol. The first kappa shape index (κ1) is 22.1. The Morgan fingerprint density at radius 3 is 2.32 bits per heavy atom. The van der Waals surface area contributed by atoms with Gasteiger partial charge in [-0.3, -0.25) is 9.59 Å². The molecule has 0 radical (unpaired) electrons. The van der Waals surface area contributed by atoms with Gasteiger partial charge in [0.2, 0.25) is 0 Å². The van der Waals surface area contributed by atoms with Crippen LogP contribution in [0.4, 0.5) is 8.78 Å². The highest BCUT2D eigenvalue weighted by Gasteiger charge is 2.32. The van der Waals surface area contributed by atoms with E-state index in [2.05, 4.69) is 10.3 Å². The summed E-state index contributed by atoms with van der Waals surface area (Å²) in [6.45, 7) is 3.53. The third-order valence-corrected chi connectivity index (χ3v) is 6.31. The van der Waals surface area contributed by atoms with Crippen molar-refractivity contribution >= 4 is 11.8 Å². The average Bonchev–Trinajstić information content (AvgIpc) is 3.29. The first-order valence-electron chi connectivity index (χ1n) is 11.0. The Labute approximate surface area is 194 Å². The number of aryl methyl sites for hydroxylation is 1. The monoisotopic (exact) mass is 467 g/mol. The molecular formula is C24H23F2N5O3. The lowest BCUT2D eigenvalue weighted by Gasteiger charge is -2.34. The number of hydrogen-bond donors (Lipinski definition) is 0. The lowest BCUT2D eigenvalue weighted by atomic mass is 10.1. The second-order valence-corrected chi connectivity index (χ2v) is 8.47. The first-order valence-corrected chi connectivity index (χ1v) is 11.0. The topological polar surface area (TPSA) is 80.6 Å². The SMILES string of the molecule is Cc1ccc(C(=O)N2CCN(C(=O)c3nnn4c3CO[C@@H](c3ccc(F)cc3)C4)CC2)cc1F. The Kier molecular flexibility index (Phi) is 5.82. The maximum Gasteiger partial charge on any atom is 0.276 e. The first-order chi connectivity index (χ1) is 16.4. The van der Waals surface area contributed by atoms with Gasteiger partial charge in [0.1, 0.15) is 17.7 Å². The summed E-state index contributed by atoms with van der Waals surface area (Å²) in [5.74, 6) is -1.26. The van der Waals surface area contributed by atoms with E-state index in [0.717, 1.165) is 5.56 Å². The zero-order valence-corrected chi connectivity index (χ0v) is 18.6. The van der Waals surface area contributed by atoms with E-state index in [1.165, 1.54) is 18.2 Å². The van der Waals surface area contributed by atoms with Crippen molar-refractivity contribution in [1.82, 2.24) is 24.8 Å². The van der Waals surface area contributed by atoms with Gasteiger partial charge in [0, 0.05) is 31.7 Å². The Hall–Kier alpha value is -3.66. The summed E-state index contributed by atoms with van der Waals surface area (Å²) in [6, 6.07) is 10.5. The highest BCUT2D eigenvalue weighted by Crippen LogP contribution is 2.27. The summed E-state index contributed by atoms with van der Waals surface area (Å²) < 4.78 is 34.6. The number of nitrogens with zero attached hydrogens (tertiary/aromatic N) is 5. The summed E-state index contributed by atoms with van der Waals surface area (Å²) in [6.07, 6.45) is -0.307. The van der Waals surface area contributed by atoms with Gasteiger partial charge in [-0.15, -0.1) is 5.10 Å². The van der Waals surface area contributed by atoms with Crippen LogP contribution >= 0.6 is 0 Å². The maximum absolute atomic E-state index is 13.8. The lowest BCUT2D eigenvalue weighted by Crippen LogP contribution is -2.50. The number of aromatic nitrogens is 3. The minimum Gasteiger partial charge on any atom is -0.365 e. The minimum absolute atomic E-state index is 0.160. The van der Waals surface area contributed by atoms with Crippen LogP contribution in [0.25, 0.3) is 0 Å². The van der Waals surface area contributed by atoms with Crippen LogP contribution in [0, 0.1) is 18.6 Å². The van der Waals surface area contributed by atoms with Crippen molar-refractivity contribution < 1.29 is 23.1 Å². The molecule has 34 heavy (non-hydrogen) atoms. The van der Waals surface area contributed by atoms with E-state index in [0.29, 0.717) is 49.5 Å². The van der Waals surface area contributed by atoms with E-state index in [1.807, 2.05) is 0 Å². The molecular weight excluding hydrogens is 444 g/mol. The molecule has 0 aliphatic carbocycles. The summed E-state index contributed by atoms with van der Waals surface area (Å²) >= 11 is 0. The Morgan fingerprint density at radius 2 is 1.65 bits per heavy atom. The van der Waals surface area contributed by atoms with Gasteiger partial charge in [0.15, 0.2) is 5.69 Å². The third kappa shape index (κ3) is 4.16. The van der Waals surface area contributed by atoms with Gasteiger partial charge >= 0.3 is 0 Å². The van der Waals surface area contributed by atoms with E-state index >= 15 is 0 Å². The van der Waals surface area contributed by atoms with Crippen molar-refractivity contribution in [1.29, 1.82) is 0 Å². The molecule has 2 aliphatic rings. The van der Waals surface area contributed by atoms with Crippen molar-refractivity contribution in [3.05, 3.63) is 82.2 Å². The molecule has 176 valence electrons. The van der Waals surface area contributed by atoms with Crippen molar-refractivity contribution in [3.8, 4) is 0 Å². The van der Waals surface area contributed by atoms with Gasteiger partial charge < -0.3 is 14.5 Å². The zero-order chi connectivity index (χ0) is 23.8. The highest BCUT2D eigenvalue weighted by molar-refractivity contribution is 5.95. The van der Waals surface area contributed by atoms with Crippen LogP contribution < -0.4 is 0 Å². The number of benzene rings is 2. The molecule has 0 saturated carbocycles. The molecule has 3 heterocycles. The summed E-state index contributed by atoms with van der Waals surface area (Å²) in [4.78, 5) is 29.1. The smallest absolute Gasteiger partial charge is 0.276 e. The third-order valence-electron chi connectivity index (χ3n) is 6.31. The van der Waals surface area contributed by atoms with Crippen LogP contribution in [0.3, 0.4) is 0 Å².